The van der Waals surface area contributed by atoms with Crippen LogP contribution < -0.4 is 10.6 Å². The Morgan fingerprint density at radius 3 is 2.66 bits per heavy atom. The average molecular weight is 666 g/mol. The van der Waals surface area contributed by atoms with Gasteiger partial charge in [0.2, 0.25) is 17.7 Å². The molecule has 0 bridgehead atoms. The summed E-state index contributed by atoms with van der Waals surface area (Å²) in [6.07, 6.45) is 5.07. The standard InChI is InChI=1S/C39H35N7O4/c1-3-35-43-37(34-23-45(24(2)47)17-18-46(34)35)30-11-5-10-27-20-33(42-22-31(27)30)28-12-14-32(41-21-28)39(50)40-16-6-8-25-7-4-9-26(19-25)29-13-15-36(48)44-38(29)49/h4-5,7,9-12,14,19-22,29H,3,13,15-18,23H2,1-2H3,(H,40,50)(H,44,48,49). The van der Waals surface area contributed by atoms with Gasteiger partial charge in [-0.3, -0.25) is 34.5 Å². The number of aromatic nitrogens is 4. The molecular weight excluding hydrogens is 630 g/mol. The number of fused-ring (bicyclic) bond motifs is 2. The van der Waals surface area contributed by atoms with E-state index in [4.69, 9.17) is 9.97 Å². The highest BCUT2D eigenvalue weighted by Crippen LogP contribution is 2.34. The molecule has 5 aromatic rings. The van der Waals surface area contributed by atoms with Gasteiger partial charge in [-0.25, -0.2) is 4.98 Å². The lowest BCUT2D eigenvalue weighted by atomic mass is 9.90. The van der Waals surface area contributed by atoms with E-state index in [0.29, 0.717) is 31.5 Å². The van der Waals surface area contributed by atoms with Crippen LogP contribution in [-0.4, -0.2) is 61.1 Å². The summed E-state index contributed by atoms with van der Waals surface area (Å²) in [6.45, 7) is 5.76. The molecule has 250 valence electrons. The number of carbonyl (C=O) groups excluding carboxylic acids is 4. The number of carbonyl (C=O) groups is 4. The van der Waals surface area contributed by atoms with Crippen LogP contribution >= 0.6 is 0 Å². The van der Waals surface area contributed by atoms with Crippen molar-refractivity contribution in [2.75, 3.05) is 13.1 Å². The Kier molecular flexibility index (Phi) is 8.92. The Morgan fingerprint density at radius 1 is 1.02 bits per heavy atom. The number of amides is 4. The molecule has 50 heavy (non-hydrogen) atoms. The molecule has 1 atom stereocenters. The first kappa shape index (κ1) is 32.4. The van der Waals surface area contributed by atoms with Crippen LogP contribution in [0.15, 0.2) is 73.1 Å². The van der Waals surface area contributed by atoms with Gasteiger partial charge in [-0.05, 0) is 47.7 Å². The Morgan fingerprint density at radius 2 is 1.88 bits per heavy atom. The van der Waals surface area contributed by atoms with Crippen molar-refractivity contribution in [3.8, 4) is 34.4 Å². The van der Waals surface area contributed by atoms with Gasteiger partial charge in [-0.1, -0.05) is 49.1 Å². The largest absolute Gasteiger partial charge is 0.340 e. The van der Waals surface area contributed by atoms with E-state index in [1.807, 2.05) is 59.6 Å². The normalized spacial score (nSPS) is 15.6. The quantitative estimate of drug-likeness (QED) is 0.203. The van der Waals surface area contributed by atoms with E-state index in [1.54, 1.807) is 19.2 Å². The second-order valence-corrected chi connectivity index (χ2v) is 12.4. The summed E-state index contributed by atoms with van der Waals surface area (Å²) in [4.78, 5) is 64.7. The topological polar surface area (TPSA) is 139 Å². The van der Waals surface area contributed by atoms with Crippen LogP contribution in [0.3, 0.4) is 0 Å². The smallest absolute Gasteiger partial charge is 0.270 e. The van der Waals surface area contributed by atoms with Crippen molar-refractivity contribution < 1.29 is 19.2 Å². The Bertz CT molecular complexity index is 2230. The molecule has 2 N–H and O–H groups in total. The zero-order chi connectivity index (χ0) is 34.8. The van der Waals surface area contributed by atoms with Crippen LogP contribution in [0.4, 0.5) is 0 Å². The molecule has 2 aliphatic rings. The number of rotatable bonds is 6. The molecular formula is C39H35N7O4. The van der Waals surface area contributed by atoms with Gasteiger partial charge in [0.1, 0.15) is 11.5 Å². The second kappa shape index (κ2) is 13.8. The van der Waals surface area contributed by atoms with Crippen LogP contribution in [0.2, 0.25) is 0 Å². The predicted octanol–water partition coefficient (Wildman–Crippen LogP) is 4.39. The highest BCUT2D eigenvalue weighted by atomic mass is 16.2. The molecule has 1 saturated heterocycles. The Balaban J connectivity index is 1.03. The van der Waals surface area contributed by atoms with Gasteiger partial charge >= 0.3 is 0 Å². The van der Waals surface area contributed by atoms with Gasteiger partial charge in [0, 0.05) is 67.3 Å². The highest BCUT2D eigenvalue weighted by Gasteiger charge is 2.28. The van der Waals surface area contributed by atoms with Crippen molar-refractivity contribution in [3.63, 3.8) is 0 Å². The molecule has 11 heteroatoms. The van der Waals surface area contributed by atoms with Gasteiger partial charge < -0.3 is 14.8 Å². The van der Waals surface area contributed by atoms with Crippen molar-refractivity contribution in [3.05, 3.63) is 101 Å². The first-order valence-electron chi connectivity index (χ1n) is 16.7. The summed E-state index contributed by atoms with van der Waals surface area (Å²) in [6, 6.07) is 18.9. The third-order valence-electron chi connectivity index (χ3n) is 9.26. The fourth-order valence-electron chi connectivity index (χ4n) is 6.62. The van der Waals surface area contributed by atoms with Crippen molar-refractivity contribution >= 4 is 34.4 Å². The molecule has 0 spiro atoms. The molecule has 0 aliphatic carbocycles. The zero-order valence-electron chi connectivity index (χ0n) is 27.8. The lowest BCUT2D eigenvalue weighted by Gasteiger charge is -2.28. The maximum Gasteiger partial charge on any atom is 0.270 e. The van der Waals surface area contributed by atoms with E-state index in [2.05, 4.69) is 45.0 Å². The average Bonchev–Trinajstić information content (AvgIpc) is 3.51. The van der Waals surface area contributed by atoms with Crippen LogP contribution in [0.5, 0.6) is 0 Å². The van der Waals surface area contributed by atoms with Gasteiger partial charge in [-0.2, -0.15) is 0 Å². The van der Waals surface area contributed by atoms with Gasteiger partial charge in [0.15, 0.2) is 0 Å². The summed E-state index contributed by atoms with van der Waals surface area (Å²) in [5.41, 5.74) is 6.19. The number of aryl methyl sites for hydroxylation is 1. The van der Waals surface area contributed by atoms with Gasteiger partial charge in [0.05, 0.1) is 36.1 Å². The fraction of sp³-hybridized carbons (Fsp3) is 0.256. The summed E-state index contributed by atoms with van der Waals surface area (Å²) in [5.74, 6) is 5.78. The van der Waals surface area contributed by atoms with Crippen LogP contribution in [0.25, 0.3) is 33.3 Å². The zero-order valence-corrected chi connectivity index (χ0v) is 27.8. The second-order valence-electron chi connectivity index (χ2n) is 12.4. The van der Waals surface area contributed by atoms with Crippen LogP contribution in [0.1, 0.15) is 65.7 Å². The van der Waals surface area contributed by atoms with Gasteiger partial charge in [-0.15, -0.1) is 0 Å². The molecule has 2 aliphatic heterocycles. The van der Waals surface area contributed by atoms with Crippen molar-refractivity contribution in [1.82, 2.24) is 35.1 Å². The number of hydrogen-bond acceptors (Lipinski definition) is 7. The minimum Gasteiger partial charge on any atom is -0.340 e. The monoisotopic (exact) mass is 665 g/mol. The molecule has 0 saturated carbocycles. The van der Waals surface area contributed by atoms with E-state index < -0.39 is 0 Å². The van der Waals surface area contributed by atoms with Crippen molar-refractivity contribution in [2.24, 2.45) is 0 Å². The number of nitrogens with one attached hydrogen (secondary N) is 2. The van der Waals surface area contributed by atoms with E-state index >= 15 is 0 Å². The molecule has 1 unspecified atom stereocenters. The van der Waals surface area contributed by atoms with Crippen molar-refractivity contribution in [2.45, 2.75) is 52.1 Å². The maximum absolute atomic E-state index is 12.8. The fourth-order valence-corrected chi connectivity index (χ4v) is 6.62. The maximum atomic E-state index is 12.8. The summed E-state index contributed by atoms with van der Waals surface area (Å²) in [5, 5.41) is 7.13. The lowest BCUT2D eigenvalue weighted by molar-refractivity contribution is -0.134. The van der Waals surface area contributed by atoms with E-state index in [9.17, 15) is 19.2 Å². The molecule has 11 nitrogen and oxygen atoms in total. The number of hydrogen-bond donors (Lipinski definition) is 2. The van der Waals surface area contributed by atoms with Gasteiger partial charge in [0.25, 0.3) is 5.91 Å². The first-order chi connectivity index (χ1) is 24.3. The van der Waals surface area contributed by atoms with Crippen LogP contribution in [-0.2, 0) is 33.9 Å². The molecule has 2 aromatic carbocycles. The summed E-state index contributed by atoms with van der Waals surface area (Å²) in [7, 11) is 0. The SMILES string of the molecule is CCc1nc(-c2cccc3cc(-c4ccc(C(=O)NCC#Cc5cccc(C6CCC(=O)NC6=O)c5)nc4)ncc23)c2n1CCN(C(C)=O)C2. The number of nitrogens with zero attached hydrogens (tertiary/aromatic N) is 5. The van der Waals surface area contributed by atoms with E-state index in [1.165, 1.54) is 0 Å². The third-order valence-corrected chi connectivity index (χ3v) is 9.26. The van der Waals surface area contributed by atoms with Crippen LogP contribution in [0, 0.1) is 11.8 Å². The molecule has 0 radical (unpaired) electrons. The number of pyridine rings is 2. The minimum absolute atomic E-state index is 0.0583. The highest BCUT2D eigenvalue weighted by molar-refractivity contribution is 6.01. The molecule has 1 fully saturated rings. The molecule has 7 rings (SSSR count). The van der Waals surface area contributed by atoms with E-state index in [-0.39, 0.29) is 41.8 Å². The number of imide groups is 1. The number of piperidine rings is 1. The predicted molar refractivity (Wildman–Crippen MR) is 187 cm³/mol. The molecule has 4 amide bonds. The Labute approximate surface area is 289 Å². The van der Waals surface area contributed by atoms with Crippen molar-refractivity contribution in [1.29, 1.82) is 0 Å². The number of imidazole rings is 1. The molecule has 5 heterocycles. The first-order valence-corrected chi connectivity index (χ1v) is 16.7. The Hall–Kier alpha value is -6.15. The number of benzene rings is 2. The summed E-state index contributed by atoms with van der Waals surface area (Å²) < 4.78 is 2.25. The third kappa shape index (κ3) is 6.48. The minimum atomic E-state index is -0.381. The molecule has 3 aromatic heterocycles. The lowest BCUT2D eigenvalue weighted by Crippen LogP contribution is -2.39. The van der Waals surface area contributed by atoms with E-state index in [0.717, 1.165) is 63.3 Å². The summed E-state index contributed by atoms with van der Waals surface area (Å²) >= 11 is 0.